The first-order chi connectivity index (χ1) is 12.6. The summed E-state index contributed by atoms with van der Waals surface area (Å²) in [5.74, 6) is -0.338. The van der Waals surface area contributed by atoms with E-state index in [0.717, 1.165) is 42.5 Å². The minimum atomic E-state index is -0.338. The van der Waals surface area contributed by atoms with Crippen LogP contribution < -0.4 is 0 Å². The number of likely N-dealkylation sites (tertiary alicyclic amines) is 1. The van der Waals surface area contributed by atoms with Gasteiger partial charge in [-0.25, -0.2) is 4.79 Å². The molecule has 0 spiro atoms. The van der Waals surface area contributed by atoms with E-state index in [4.69, 9.17) is 16.3 Å². The first-order valence-electron chi connectivity index (χ1n) is 8.89. The highest BCUT2D eigenvalue weighted by Gasteiger charge is 2.27. The standard InChI is InChI=1S/C21H21ClN2O2.ClH/c1-23-13-11-16(12-14-23)26-21(25)19-17-9-5-6-10-18(17)24(20(19)22)15-7-3-2-4-8-15;/h2-10,16H,11-14H2,1H3;1H. The summed E-state index contributed by atoms with van der Waals surface area (Å²) in [6, 6.07) is 17.6. The Balaban J connectivity index is 0.00000210. The van der Waals surface area contributed by atoms with Gasteiger partial charge < -0.3 is 9.64 Å². The molecule has 0 aliphatic carbocycles. The molecule has 3 aromatic rings. The largest absolute Gasteiger partial charge is 0.459 e. The van der Waals surface area contributed by atoms with E-state index in [0.29, 0.717) is 10.7 Å². The Bertz CT molecular complexity index is 932. The molecular weight excluding hydrogens is 383 g/mol. The summed E-state index contributed by atoms with van der Waals surface area (Å²) in [4.78, 5) is 15.2. The number of rotatable bonds is 3. The van der Waals surface area contributed by atoms with Crippen LogP contribution in [-0.4, -0.2) is 41.7 Å². The highest BCUT2D eigenvalue weighted by Crippen LogP contribution is 2.34. The zero-order chi connectivity index (χ0) is 18.1. The molecule has 2 heterocycles. The second-order valence-electron chi connectivity index (χ2n) is 6.76. The monoisotopic (exact) mass is 404 g/mol. The summed E-state index contributed by atoms with van der Waals surface area (Å²) in [6.45, 7) is 1.88. The highest BCUT2D eigenvalue weighted by atomic mass is 35.5. The van der Waals surface area contributed by atoms with Crippen molar-refractivity contribution >= 4 is 40.9 Å². The fourth-order valence-electron chi connectivity index (χ4n) is 3.55. The number of carbonyl (C=O) groups excluding carboxylic acids is 1. The molecule has 1 aromatic heterocycles. The molecule has 6 heteroatoms. The van der Waals surface area contributed by atoms with Crippen molar-refractivity contribution in [2.45, 2.75) is 18.9 Å². The predicted octanol–water partition coefficient (Wildman–Crippen LogP) is 4.96. The molecule has 2 aromatic carbocycles. The lowest BCUT2D eigenvalue weighted by Gasteiger charge is -2.28. The van der Waals surface area contributed by atoms with E-state index in [-0.39, 0.29) is 24.5 Å². The molecule has 4 nitrogen and oxygen atoms in total. The predicted molar refractivity (Wildman–Crippen MR) is 111 cm³/mol. The van der Waals surface area contributed by atoms with Crippen LogP contribution in [0.25, 0.3) is 16.6 Å². The number of nitrogens with zero attached hydrogens (tertiary/aromatic N) is 2. The molecule has 0 saturated carbocycles. The number of esters is 1. The van der Waals surface area contributed by atoms with Crippen LogP contribution in [0.4, 0.5) is 0 Å². The van der Waals surface area contributed by atoms with E-state index >= 15 is 0 Å². The summed E-state index contributed by atoms with van der Waals surface area (Å²) < 4.78 is 7.71. The number of halogens is 2. The topological polar surface area (TPSA) is 34.5 Å². The van der Waals surface area contributed by atoms with E-state index in [1.807, 2.05) is 59.2 Å². The summed E-state index contributed by atoms with van der Waals surface area (Å²) in [6.07, 6.45) is 1.67. The Morgan fingerprint density at radius 1 is 1.04 bits per heavy atom. The van der Waals surface area contributed by atoms with Gasteiger partial charge in [0.15, 0.2) is 0 Å². The molecule has 1 saturated heterocycles. The minimum absolute atomic E-state index is 0. The number of aromatic nitrogens is 1. The van der Waals surface area contributed by atoms with Gasteiger partial charge in [-0.1, -0.05) is 48.0 Å². The van der Waals surface area contributed by atoms with Crippen molar-refractivity contribution in [2.24, 2.45) is 0 Å². The lowest BCUT2D eigenvalue weighted by molar-refractivity contribution is 0.0141. The first-order valence-corrected chi connectivity index (χ1v) is 9.27. The minimum Gasteiger partial charge on any atom is -0.459 e. The van der Waals surface area contributed by atoms with Gasteiger partial charge in [-0.15, -0.1) is 12.4 Å². The summed E-state index contributed by atoms with van der Waals surface area (Å²) in [7, 11) is 2.09. The third-order valence-electron chi connectivity index (χ3n) is 4.97. The van der Waals surface area contributed by atoms with Gasteiger partial charge in [0.1, 0.15) is 16.8 Å². The van der Waals surface area contributed by atoms with Crippen molar-refractivity contribution in [1.29, 1.82) is 0 Å². The molecule has 142 valence electrons. The molecule has 0 amide bonds. The number of para-hydroxylation sites is 2. The van der Waals surface area contributed by atoms with Crippen molar-refractivity contribution in [3.8, 4) is 5.69 Å². The van der Waals surface area contributed by atoms with E-state index in [1.165, 1.54) is 0 Å². The van der Waals surface area contributed by atoms with Crippen molar-refractivity contribution in [3.05, 3.63) is 65.3 Å². The van der Waals surface area contributed by atoms with Gasteiger partial charge in [-0.05, 0) is 38.1 Å². The second kappa shape index (κ2) is 8.34. The van der Waals surface area contributed by atoms with Gasteiger partial charge in [-0.3, -0.25) is 4.57 Å². The van der Waals surface area contributed by atoms with Gasteiger partial charge in [0.25, 0.3) is 0 Å². The van der Waals surface area contributed by atoms with Crippen LogP contribution in [0.3, 0.4) is 0 Å². The van der Waals surface area contributed by atoms with Crippen LogP contribution in [0.2, 0.25) is 5.15 Å². The van der Waals surface area contributed by atoms with Gasteiger partial charge in [-0.2, -0.15) is 0 Å². The van der Waals surface area contributed by atoms with Crippen LogP contribution in [0.1, 0.15) is 23.2 Å². The summed E-state index contributed by atoms with van der Waals surface area (Å²) in [5.41, 5.74) is 2.27. The smallest absolute Gasteiger partial charge is 0.342 e. The van der Waals surface area contributed by atoms with Crippen LogP contribution in [-0.2, 0) is 4.74 Å². The molecule has 0 N–H and O–H groups in total. The quantitative estimate of drug-likeness (QED) is 0.578. The van der Waals surface area contributed by atoms with Crippen LogP contribution >= 0.6 is 24.0 Å². The van der Waals surface area contributed by atoms with E-state index < -0.39 is 0 Å². The maximum absolute atomic E-state index is 12.9. The van der Waals surface area contributed by atoms with Crippen molar-refractivity contribution in [3.63, 3.8) is 0 Å². The normalized spacial score (nSPS) is 15.5. The number of piperidine rings is 1. The van der Waals surface area contributed by atoms with Gasteiger partial charge in [0.2, 0.25) is 0 Å². The first kappa shape index (κ1) is 19.7. The number of ether oxygens (including phenoxy) is 1. The zero-order valence-electron chi connectivity index (χ0n) is 15.1. The molecule has 0 unspecified atom stereocenters. The Morgan fingerprint density at radius 3 is 2.37 bits per heavy atom. The van der Waals surface area contributed by atoms with Gasteiger partial charge >= 0.3 is 5.97 Å². The Kier molecular flexibility index (Phi) is 6.10. The summed E-state index contributed by atoms with van der Waals surface area (Å²) >= 11 is 6.68. The fourth-order valence-corrected chi connectivity index (χ4v) is 3.91. The molecule has 0 radical (unpaired) electrons. The Hall–Kier alpha value is -2.01. The molecule has 27 heavy (non-hydrogen) atoms. The number of hydrogen-bond donors (Lipinski definition) is 0. The van der Waals surface area contributed by atoms with Gasteiger partial charge in [0, 0.05) is 24.2 Å². The highest BCUT2D eigenvalue weighted by molar-refractivity contribution is 6.35. The number of fused-ring (bicyclic) bond motifs is 1. The molecule has 1 aliphatic rings. The molecule has 0 atom stereocenters. The van der Waals surface area contributed by atoms with Gasteiger partial charge in [0.05, 0.1) is 5.52 Å². The summed E-state index contributed by atoms with van der Waals surface area (Å²) in [5, 5.41) is 1.22. The van der Waals surface area contributed by atoms with Crippen molar-refractivity contribution in [1.82, 2.24) is 9.47 Å². The lowest BCUT2D eigenvalue weighted by atomic mass is 10.1. The third-order valence-corrected chi connectivity index (χ3v) is 5.33. The zero-order valence-corrected chi connectivity index (χ0v) is 16.7. The Morgan fingerprint density at radius 2 is 1.67 bits per heavy atom. The fraction of sp³-hybridized carbons (Fsp3) is 0.286. The van der Waals surface area contributed by atoms with E-state index in [9.17, 15) is 4.79 Å². The molecule has 1 aliphatic heterocycles. The maximum atomic E-state index is 12.9. The van der Waals surface area contributed by atoms with E-state index in [2.05, 4.69) is 11.9 Å². The molecule has 4 rings (SSSR count). The van der Waals surface area contributed by atoms with Crippen LogP contribution in [0.5, 0.6) is 0 Å². The number of hydrogen-bond acceptors (Lipinski definition) is 3. The number of carbonyl (C=O) groups is 1. The molecule has 0 bridgehead atoms. The lowest BCUT2D eigenvalue weighted by Crippen LogP contribution is -2.35. The molecule has 1 fully saturated rings. The van der Waals surface area contributed by atoms with Crippen molar-refractivity contribution < 1.29 is 9.53 Å². The third kappa shape index (κ3) is 3.84. The maximum Gasteiger partial charge on any atom is 0.342 e. The second-order valence-corrected chi connectivity index (χ2v) is 7.12. The Labute approximate surface area is 170 Å². The van der Waals surface area contributed by atoms with Crippen molar-refractivity contribution in [2.75, 3.05) is 20.1 Å². The number of benzene rings is 2. The average Bonchev–Trinajstić information content (AvgIpc) is 2.96. The SMILES string of the molecule is CN1CCC(OC(=O)c2c(Cl)n(-c3ccccc3)c3ccccc23)CC1.Cl. The van der Waals surface area contributed by atoms with E-state index in [1.54, 1.807) is 0 Å². The average molecular weight is 405 g/mol. The molecular formula is C21H22Cl2N2O2. The van der Waals surface area contributed by atoms with Crippen LogP contribution in [0.15, 0.2) is 54.6 Å². The van der Waals surface area contributed by atoms with Crippen LogP contribution in [0, 0.1) is 0 Å².